The molecule has 0 bridgehead atoms. The fourth-order valence-corrected chi connectivity index (χ4v) is 1.89. The summed E-state index contributed by atoms with van der Waals surface area (Å²) in [6.45, 7) is 0. The van der Waals surface area contributed by atoms with E-state index in [-0.39, 0.29) is 0 Å². The lowest BCUT2D eigenvalue weighted by atomic mass is 10.1. The Morgan fingerprint density at radius 1 is 1.41 bits per heavy atom. The summed E-state index contributed by atoms with van der Waals surface area (Å²) < 4.78 is 10.9. The number of nitrogen functional groups attached to an aromatic ring is 1. The van der Waals surface area contributed by atoms with Crippen LogP contribution in [0.3, 0.4) is 0 Å². The van der Waals surface area contributed by atoms with Crippen molar-refractivity contribution in [1.29, 1.82) is 0 Å². The number of allylic oxidation sites excluding steroid dienone is 3. The van der Waals surface area contributed by atoms with Gasteiger partial charge in [0.25, 0.3) is 0 Å². The van der Waals surface area contributed by atoms with Gasteiger partial charge >= 0.3 is 0 Å². The maximum absolute atomic E-state index is 5.84. The van der Waals surface area contributed by atoms with Crippen LogP contribution in [0.25, 0.3) is 0 Å². The Labute approximate surface area is 99.1 Å². The number of hydrogen-bond acceptors (Lipinski definition) is 4. The van der Waals surface area contributed by atoms with Gasteiger partial charge in [0.2, 0.25) is 0 Å². The van der Waals surface area contributed by atoms with E-state index in [2.05, 4.69) is 4.99 Å². The lowest BCUT2D eigenvalue weighted by Gasteiger charge is -2.20. The number of rotatable bonds is 1. The fraction of sp³-hybridized carbons (Fsp3) is 0.154. The number of nitrogens with zero attached hydrogens (tertiary/aromatic N) is 1. The molecule has 17 heavy (non-hydrogen) atoms. The van der Waals surface area contributed by atoms with E-state index in [4.69, 9.17) is 15.2 Å². The second kappa shape index (κ2) is 3.66. The lowest BCUT2D eigenvalue weighted by Crippen LogP contribution is -2.13. The van der Waals surface area contributed by atoms with Gasteiger partial charge in [0.1, 0.15) is 22.9 Å². The van der Waals surface area contributed by atoms with Crippen LogP contribution < -0.4 is 15.2 Å². The van der Waals surface area contributed by atoms with Crippen molar-refractivity contribution < 1.29 is 9.47 Å². The summed E-state index contributed by atoms with van der Waals surface area (Å²) in [5.74, 6) is 2.09. The van der Waals surface area contributed by atoms with Crippen LogP contribution in [0, 0.1) is 0 Å². The molecule has 2 N–H and O–H groups in total. The average molecular weight is 228 g/mol. The van der Waals surface area contributed by atoms with E-state index in [0.717, 1.165) is 23.6 Å². The molecule has 4 heteroatoms. The van der Waals surface area contributed by atoms with Gasteiger partial charge in [0.05, 0.1) is 12.8 Å². The van der Waals surface area contributed by atoms with Crippen LogP contribution in [0.4, 0.5) is 11.4 Å². The quantitative estimate of drug-likeness (QED) is 0.751. The van der Waals surface area contributed by atoms with Crippen LogP contribution in [0.1, 0.15) is 6.42 Å². The zero-order valence-corrected chi connectivity index (χ0v) is 9.43. The van der Waals surface area contributed by atoms with E-state index in [1.54, 1.807) is 19.2 Å². The number of fused-ring (bicyclic) bond motifs is 2. The van der Waals surface area contributed by atoms with Crippen LogP contribution in [0.2, 0.25) is 0 Å². The first kappa shape index (κ1) is 9.96. The van der Waals surface area contributed by atoms with Gasteiger partial charge in [0.15, 0.2) is 5.75 Å². The Kier molecular flexibility index (Phi) is 2.14. The Morgan fingerprint density at radius 3 is 3.12 bits per heavy atom. The summed E-state index contributed by atoms with van der Waals surface area (Å²) in [7, 11) is 1.58. The van der Waals surface area contributed by atoms with Gasteiger partial charge < -0.3 is 15.2 Å². The van der Waals surface area contributed by atoms with E-state index in [1.165, 1.54) is 0 Å². The van der Waals surface area contributed by atoms with Crippen molar-refractivity contribution in [2.45, 2.75) is 6.42 Å². The second-order valence-electron chi connectivity index (χ2n) is 3.87. The average Bonchev–Trinajstić information content (AvgIpc) is 2.35. The summed E-state index contributed by atoms with van der Waals surface area (Å²) in [6.07, 6.45) is 6.88. The largest absolute Gasteiger partial charge is 0.495 e. The van der Waals surface area contributed by atoms with Crippen molar-refractivity contribution in [3.63, 3.8) is 0 Å². The minimum atomic E-state index is 0.553. The summed E-state index contributed by atoms with van der Waals surface area (Å²) in [4.78, 5) is 4.52. The maximum atomic E-state index is 5.84. The molecule has 0 aromatic heterocycles. The molecule has 1 aliphatic carbocycles. The van der Waals surface area contributed by atoms with Crippen molar-refractivity contribution in [3.05, 3.63) is 36.1 Å². The standard InChI is InChI=1S/C13H12N2O2/c1-16-12-7-10-13(6-8(12)14)17-11-5-3-2-4-9(11)15-10/h2,4-7H,3,14H2,1H3. The smallest absolute Gasteiger partial charge is 0.155 e. The topological polar surface area (TPSA) is 56.8 Å². The van der Waals surface area contributed by atoms with Crippen LogP contribution in [0.15, 0.2) is 41.1 Å². The van der Waals surface area contributed by atoms with Crippen LogP contribution >= 0.6 is 0 Å². The zero-order valence-electron chi connectivity index (χ0n) is 9.43. The van der Waals surface area contributed by atoms with Gasteiger partial charge in [-0.25, -0.2) is 4.99 Å². The Balaban J connectivity index is 2.14. The minimum Gasteiger partial charge on any atom is -0.495 e. The minimum absolute atomic E-state index is 0.553. The van der Waals surface area contributed by atoms with Gasteiger partial charge in [-0.1, -0.05) is 6.08 Å². The van der Waals surface area contributed by atoms with E-state index in [9.17, 15) is 0 Å². The number of anilines is 1. The molecule has 0 unspecified atom stereocenters. The molecule has 1 heterocycles. The molecule has 1 aromatic carbocycles. The van der Waals surface area contributed by atoms with E-state index < -0.39 is 0 Å². The molecular formula is C13H12N2O2. The second-order valence-corrected chi connectivity index (χ2v) is 3.87. The maximum Gasteiger partial charge on any atom is 0.155 e. The van der Waals surface area contributed by atoms with Gasteiger partial charge in [-0.05, 0) is 18.6 Å². The third-order valence-corrected chi connectivity index (χ3v) is 2.74. The van der Waals surface area contributed by atoms with Crippen molar-refractivity contribution in [3.8, 4) is 11.5 Å². The predicted octanol–water partition coefficient (Wildman–Crippen LogP) is 2.59. The number of ether oxygens (including phenoxy) is 2. The van der Waals surface area contributed by atoms with Crippen molar-refractivity contribution in [1.82, 2.24) is 0 Å². The fourth-order valence-electron chi connectivity index (χ4n) is 1.89. The van der Waals surface area contributed by atoms with E-state index in [1.807, 2.05) is 18.2 Å². The number of nitrogens with two attached hydrogens (primary N) is 1. The molecule has 4 nitrogen and oxygen atoms in total. The first-order chi connectivity index (χ1) is 8.28. The van der Waals surface area contributed by atoms with Crippen LogP contribution in [-0.4, -0.2) is 12.8 Å². The molecule has 0 radical (unpaired) electrons. The number of hydrogen-bond donors (Lipinski definition) is 1. The summed E-state index contributed by atoms with van der Waals surface area (Å²) in [6, 6.07) is 3.53. The predicted molar refractivity (Wildman–Crippen MR) is 67.0 cm³/mol. The Bertz CT molecular complexity index is 571. The molecule has 2 aliphatic rings. The SMILES string of the molecule is COc1cc2c(cc1N)OC1=CCC=CC1=N2. The van der Waals surface area contributed by atoms with Gasteiger partial charge in [0, 0.05) is 12.1 Å². The number of aliphatic imine (C=N–C) groups is 1. The molecule has 0 atom stereocenters. The van der Waals surface area contributed by atoms with E-state index in [0.29, 0.717) is 17.2 Å². The highest BCUT2D eigenvalue weighted by atomic mass is 16.5. The van der Waals surface area contributed by atoms with E-state index >= 15 is 0 Å². The summed E-state index contributed by atoms with van der Waals surface area (Å²) in [5.41, 5.74) is 7.98. The highest BCUT2D eigenvalue weighted by molar-refractivity contribution is 6.10. The first-order valence-electron chi connectivity index (χ1n) is 5.39. The van der Waals surface area contributed by atoms with Crippen molar-refractivity contribution >= 4 is 17.1 Å². The van der Waals surface area contributed by atoms with Crippen molar-refractivity contribution in [2.75, 3.05) is 12.8 Å². The summed E-state index contributed by atoms with van der Waals surface area (Å²) in [5, 5.41) is 0. The molecule has 3 rings (SSSR count). The molecule has 0 amide bonds. The van der Waals surface area contributed by atoms with Crippen LogP contribution in [0.5, 0.6) is 11.5 Å². The molecule has 0 saturated heterocycles. The zero-order chi connectivity index (χ0) is 11.8. The number of methoxy groups -OCH3 is 1. The normalized spacial score (nSPS) is 16.3. The van der Waals surface area contributed by atoms with Gasteiger partial charge in [-0.2, -0.15) is 0 Å². The molecule has 1 aromatic rings. The number of benzene rings is 1. The molecule has 0 spiro atoms. The molecule has 0 fully saturated rings. The van der Waals surface area contributed by atoms with Gasteiger partial charge in [-0.15, -0.1) is 0 Å². The molecule has 1 aliphatic heterocycles. The molecule has 86 valence electrons. The lowest BCUT2D eigenvalue weighted by molar-refractivity contribution is 0.413. The Hall–Kier alpha value is -2.23. The van der Waals surface area contributed by atoms with Crippen LogP contribution in [-0.2, 0) is 0 Å². The third-order valence-electron chi connectivity index (χ3n) is 2.74. The van der Waals surface area contributed by atoms with Gasteiger partial charge in [-0.3, -0.25) is 0 Å². The third kappa shape index (κ3) is 1.58. The molecule has 0 saturated carbocycles. The summed E-state index contributed by atoms with van der Waals surface area (Å²) >= 11 is 0. The van der Waals surface area contributed by atoms with Crippen molar-refractivity contribution in [2.24, 2.45) is 4.99 Å². The monoisotopic (exact) mass is 228 g/mol. The highest BCUT2D eigenvalue weighted by Crippen LogP contribution is 2.40. The highest BCUT2D eigenvalue weighted by Gasteiger charge is 2.20. The first-order valence-corrected chi connectivity index (χ1v) is 5.39. The Morgan fingerprint density at radius 2 is 2.29 bits per heavy atom. The molecular weight excluding hydrogens is 216 g/mol.